The number of hydrogen-bond acceptors (Lipinski definition) is 7. The molecule has 4 atom stereocenters. The van der Waals surface area contributed by atoms with Crippen LogP contribution in [0.3, 0.4) is 0 Å². The molecule has 0 aromatic carbocycles. The molecule has 6 N–H and O–H groups in total. The summed E-state index contributed by atoms with van der Waals surface area (Å²) in [5, 5.41) is 17.8. The Bertz CT molecular complexity index is 715. The van der Waals surface area contributed by atoms with Gasteiger partial charge in [-0.25, -0.2) is 4.79 Å². The quantitative estimate of drug-likeness (QED) is 0.236. The first-order chi connectivity index (χ1) is 15.2. The number of likely N-dealkylation sites (tertiary alicyclic amines) is 1. The number of rotatable bonds is 12. The van der Waals surface area contributed by atoms with Crippen molar-refractivity contribution in [2.45, 2.75) is 69.1 Å². The number of carboxylic acid groups (broad SMARTS) is 1. The monoisotopic (exact) mass is 471 g/mol. The van der Waals surface area contributed by atoms with Crippen molar-refractivity contribution in [2.24, 2.45) is 5.73 Å². The topological polar surface area (TPSA) is 171 Å². The van der Waals surface area contributed by atoms with Crippen LogP contribution in [-0.2, 0) is 24.0 Å². The number of nitrogens with zero attached hydrogens (tertiary/aromatic N) is 1. The van der Waals surface area contributed by atoms with E-state index >= 15 is 0 Å². The Balaban J connectivity index is 2.11. The molecule has 2 aliphatic heterocycles. The van der Waals surface area contributed by atoms with E-state index in [1.54, 1.807) is 0 Å². The van der Waals surface area contributed by atoms with Gasteiger partial charge in [0.25, 0.3) is 0 Å². The maximum atomic E-state index is 13.1. The van der Waals surface area contributed by atoms with Crippen LogP contribution in [0.25, 0.3) is 0 Å². The number of amides is 4. The Kier molecular flexibility index (Phi) is 10.2. The molecule has 2 saturated heterocycles. The van der Waals surface area contributed by atoms with Gasteiger partial charge in [0.2, 0.25) is 23.6 Å². The second-order valence-corrected chi connectivity index (χ2v) is 9.07. The molecule has 11 nitrogen and oxygen atoms in total. The number of nitrogens with two attached hydrogens (primary N) is 1. The molecule has 0 bridgehead atoms. The molecular weight excluding hydrogens is 438 g/mol. The highest BCUT2D eigenvalue weighted by atomic mass is 32.2. The Morgan fingerprint density at radius 2 is 1.88 bits per heavy atom. The van der Waals surface area contributed by atoms with Crippen LogP contribution >= 0.6 is 11.8 Å². The van der Waals surface area contributed by atoms with Crippen LogP contribution in [0.4, 0.5) is 0 Å². The molecule has 0 spiro atoms. The molecule has 0 aliphatic carbocycles. The molecule has 4 amide bonds. The number of aliphatic carboxylic acids is 1. The number of thioether (sulfide) groups is 1. The van der Waals surface area contributed by atoms with E-state index in [1.807, 2.05) is 6.26 Å². The summed E-state index contributed by atoms with van der Waals surface area (Å²) in [7, 11) is 0. The van der Waals surface area contributed by atoms with Crippen LogP contribution in [0.1, 0.15) is 44.9 Å². The smallest absolute Gasteiger partial charge is 0.326 e. The van der Waals surface area contributed by atoms with E-state index < -0.39 is 47.9 Å². The first-order valence-electron chi connectivity index (χ1n) is 10.9. The highest BCUT2D eigenvalue weighted by Gasteiger charge is 2.38. The van der Waals surface area contributed by atoms with E-state index in [4.69, 9.17) is 5.73 Å². The van der Waals surface area contributed by atoms with Crippen molar-refractivity contribution < 1.29 is 29.1 Å². The molecule has 0 aromatic heterocycles. The van der Waals surface area contributed by atoms with Crippen LogP contribution in [0, 0.1) is 0 Å². The van der Waals surface area contributed by atoms with Crippen molar-refractivity contribution in [3.8, 4) is 0 Å². The Morgan fingerprint density at radius 1 is 1.12 bits per heavy atom. The van der Waals surface area contributed by atoms with Gasteiger partial charge in [-0.3, -0.25) is 19.2 Å². The van der Waals surface area contributed by atoms with Crippen molar-refractivity contribution in [3.05, 3.63) is 0 Å². The predicted octanol–water partition coefficient (Wildman–Crippen LogP) is -1.20. The van der Waals surface area contributed by atoms with E-state index in [1.165, 1.54) is 16.7 Å². The van der Waals surface area contributed by atoms with Crippen LogP contribution in [0.2, 0.25) is 0 Å². The molecule has 32 heavy (non-hydrogen) atoms. The van der Waals surface area contributed by atoms with Gasteiger partial charge in [0, 0.05) is 13.0 Å². The van der Waals surface area contributed by atoms with Gasteiger partial charge in [-0.05, 0) is 57.1 Å². The van der Waals surface area contributed by atoms with Gasteiger partial charge in [0.1, 0.15) is 18.1 Å². The molecule has 2 fully saturated rings. The number of hydrogen-bond donors (Lipinski definition) is 5. The van der Waals surface area contributed by atoms with Crippen LogP contribution < -0.4 is 21.7 Å². The van der Waals surface area contributed by atoms with Gasteiger partial charge in [-0.1, -0.05) is 0 Å². The number of carbonyl (C=O) groups is 5. The third-order valence-electron chi connectivity index (χ3n) is 5.74. The van der Waals surface area contributed by atoms with Gasteiger partial charge in [-0.15, -0.1) is 0 Å². The van der Waals surface area contributed by atoms with E-state index in [-0.39, 0.29) is 18.7 Å². The fraction of sp³-hybridized carbons (Fsp3) is 0.750. The second kappa shape index (κ2) is 12.6. The van der Waals surface area contributed by atoms with Crippen molar-refractivity contribution in [1.29, 1.82) is 0 Å². The third kappa shape index (κ3) is 7.37. The van der Waals surface area contributed by atoms with E-state index in [2.05, 4.69) is 16.0 Å². The average Bonchev–Trinajstić information content (AvgIpc) is 3.45. The maximum absolute atomic E-state index is 13.1. The van der Waals surface area contributed by atoms with E-state index in [9.17, 15) is 29.1 Å². The first kappa shape index (κ1) is 25.9. The molecule has 2 heterocycles. The van der Waals surface area contributed by atoms with Crippen LogP contribution in [-0.4, -0.2) is 88.9 Å². The zero-order valence-corrected chi connectivity index (χ0v) is 19.1. The highest BCUT2D eigenvalue weighted by molar-refractivity contribution is 7.98. The molecule has 0 radical (unpaired) electrons. The number of primary amides is 1. The molecule has 4 unspecified atom stereocenters. The van der Waals surface area contributed by atoms with Gasteiger partial charge < -0.3 is 31.7 Å². The zero-order chi connectivity index (χ0) is 23.7. The summed E-state index contributed by atoms with van der Waals surface area (Å²) in [6.07, 6.45) is 4.53. The maximum Gasteiger partial charge on any atom is 0.326 e. The lowest BCUT2D eigenvalue weighted by atomic mass is 10.1. The Labute approximate surface area is 191 Å². The molecule has 180 valence electrons. The molecule has 2 aliphatic rings. The second-order valence-electron chi connectivity index (χ2n) is 8.09. The highest BCUT2D eigenvalue weighted by Crippen LogP contribution is 2.20. The summed E-state index contributed by atoms with van der Waals surface area (Å²) < 4.78 is 0. The Morgan fingerprint density at radius 3 is 2.47 bits per heavy atom. The fourth-order valence-corrected chi connectivity index (χ4v) is 4.46. The normalized spacial score (nSPS) is 22.2. The minimum atomic E-state index is -1.07. The van der Waals surface area contributed by atoms with Crippen LogP contribution in [0.5, 0.6) is 0 Å². The number of nitrogens with one attached hydrogen (secondary N) is 3. The van der Waals surface area contributed by atoms with Gasteiger partial charge in [-0.2, -0.15) is 11.8 Å². The molecular formula is C20H33N5O6S. The molecule has 0 saturated carbocycles. The summed E-state index contributed by atoms with van der Waals surface area (Å²) in [4.78, 5) is 62.7. The lowest BCUT2D eigenvalue weighted by Gasteiger charge is -2.29. The number of carbonyl (C=O) groups excluding carboxylic acids is 4. The minimum absolute atomic E-state index is 0.00449. The third-order valence-corrected chi connectivity index (χ3v) is 6.38. The lowest BCUT2D eigenvalue weighted by molar-refractivity contribution is -0.149. The predicted molar refractivity (Wildman–Crippen MR) is 119 cm³/mol. The van der Waals surface area contributed by atoms with Crippen molar-refractivity contribution in [2.75, 3.05) is 25.1 Å². The van der Waals surface area contributed by atoms with Gasteiger partial charge in [0.05, 0.1) is 6.04 Å². The summed E-state index contributed by atoms with van der Waals surface area (Å²) in [6.45, 7) is 1.03. The van der Waals surface area contributed by atoms with Crippen LogP contribution in [0.15, 0.2) is 0 Å². The SMILES string of the molecule is CSCCC(NC(=O)C(CCC(N)=O)NC(=O)C1CCCN1)C(=O)N1CCCC1C(=O)O. The lowest BCUT2D eigenvalue weighted by Crippen LogP contribution is -2.57. The molecule has 0 aromatic rings. The summed E-state index contributed by atoms with van der Waals surface area (Å²) in [5.41, 5.74) is 5.22. The average molecular weight is 472 g/mol. The molecule has 2 rings (SSSR count). The van der Waals surface area contributed by atoms with E-state index in [0.717, 1.165) is 6.42 Å². The summed E-state index contributed by atoms with van der Waals surface area (Å²) in [5.74, 6) is -2.48. The van der Waals surface area contributed by atoms with Crippen molar-refractivity contribution in [1.82, 2.24) is 20.9 Å². The molecule has 12 heteroatoms. The summed E-state index contributed by atoms with van der Waals surface area (Å²) in [6, 6.07) is -3.27. The standard InChI is InChI=1S/C20H33N5O6S/c1-32-11-8-14(19(29)25-10-3-5-15(25)20(30)31)24-18(28)13(6-7-16(21)26)23-17(27)12-4-2-9-22-12/h12-15,22H,2-11H2,1H3,(H2,21,26)(H,23,27)(H,24,28)(H,30,31). The largest absolute Gasteiger partial charge is 0.480 e. The minimum Gasteiger partial charge on any atom is -0.480 e. The Hall–Kier alpha value is -2.34. The number of carboxylic acids is 1. The van der Waals surface area contributed by atoms with Gasteiger partial charge in [0.15, 0.2) is 0 Å². The summed E-state index contributed by atoms with van der Waals surface area (Å²) >= 11 is 1.50. The van der Waals surface area contributed by atoms with Crippen molar-refractivity contribution >= 4 is 41.4 Å². The zero-order valence-electron chi connectivity index (χ0n) is 18.3. The van der Waals surface area contributed by atoms with Gasteiger partial charge >= 0.3 is 5.97 Å². The first-order valence-corrected chi connectivity index (χ1v) is 12.3. The van der Waals surface area contributed by atoms with Crippen molar-refractivity contribution in [3.63, 3.8) is 0 Å². The van der Waals surface area contributed by atoms with E-state index in [0.29, 0.717) is 44.5 Å². The fourth-order valence-electron chi connectivity index (χ4n) is 3.99.